The highest BCUT2D eigenvalue weighted by Crippen LogP contribution is 2.42. The number of aromatic nitrogens is 2. The lowest BCUT2D eigenvalue weighted by atomic mass is 9.84. The Bertz CT molecular complexity index is 3270. The first-order valence-corrected chi connectivity index (χ1v) is 32.1. The molecule has 20 heteroatoms. The van der Waals surface area contributed by atoms with Crippen molar-refractivity contribution in [3.05, 3.63) is 156 Å². The number of phenolic OH excluding ortho intramolecular Hbond substituents is 1. The van der Waals surface area contributed by atoms with Crippen molar-refractivity contribution in [2.75, 3.05) is 0 Å². The van der Waals surface area contributed by atoms with Crippen LogP contribution in [0.2, 0.25) is 0 Å². The third-order valence-corrected chi connectivity index (χ3v) is 22.0. The molecule has 7 aromatic carbocycles. The number of benzene rings is 7. The highest BCUT2D eigenvalue weighted by molar-refractivity contribution is 9.11. The van der Waals surface area contributed by atoms with Gasteiger partial charge in [0.1, 0.15) is 11.6 Å². The fraction of sp³-hybridized carbons (Fsp3) is 0. The summed E-state index contributed by atoms with van der Waals surface area (Å²) in [5.74, 6) is 0.0165. The van der Waals surface area contributed by atoms with Crippen LogP contribution in [-0.2, 0) is 107 Å². The van der Waals surface area contributed by atoms with Crippen LogP contribution < -0.4 is 0 Å². The van der Waals surface area contributed by atoms with Gasteiger partial charge in [0.05, 0.1) is 16.6 Å². The monoisotopic (exact) mass is 1260 g/mol. The molecule has 0 amide bonds. The molecule has 0 saturated heterocycles. The van der Waals surface area contributed by atoms with Crippen molar-refractivity contribution in [2.45, 2.75) is 0 Å². The largest absolute Gasteiger partial charge is 0.507 e. The fourth-order valence-corrected chi connectivity index (χ4v) is 16.3. The summed E-state index contributed by atoms with van der Waals surface area (Å²) in [5.41, 5.74) is 6.14. The van der Waals surface area contributed by atoms with E-state index in [0.29, 0.717) is 22.5 Å². The van der Waals surface area contributed by atoms with E-state index in [1.807, 2.05) is 60.7 Å². The Labute approximate surface area is 423 Å². The normalized spacial score (nSPS) is 11.0. The molecular weight excluding hydrogens is 1240 g/mol. The molecule has 0 aliphatic heterocycles. The van der Waals surface area contributed by atoms with E-state index in [4.69, 9.17) is 4.98 Å². The van der Waals surface area contributed by atoms with Gasteiger partial charge in [0.25, 0.3) is 0 Å². The van der Waals surface area contributed by atoms with E-state index in [2.05, 4.69) is 162 Å². The van der Waals surface area contributed by atoms with E-state index in [1.54, 1.807) is 18.2 Å². The summed E-state index contributed by atoms with van der Waals surface area (Å²) in [4.78, 5) is 29.3. The molecule has 1 aliphatic carbocycles. The Morgan fingerprint density at radius 3 is 1.44 bits per heavy atom. The van der Waals surface area contributed by atoms with Crippen LogP contribution in [0.15, 0.2) is 145 Å². The van der Waals surface area contributed by atoms with Gasteiger partial charge in [-0.3, -0.25) is 14.2 Å². The number of phenols is 1. The van der Waals surface area contributed by atoms with Crippen LogP contribution in [0.25, 0.3) is 60.8 Å². The molecule has 0 saturated carbocycles. The van der Waals surface area contributed by atoms with Crippen molar-refractivity contribution in [1.82, 2.24) is 9.55 Å². The molecule has 1 aliphatic rings. The number of ketones is 2. The number of hydrogen-bond acceptors (Lipinski definition) is 8. The number of fused-ring (bicyclic) bond motifs is 9. The number of hydrogen-bond donors (Lipinski definition) is 1. The third-order valence-electron chi connectivity index (χ3n) is 8.89. The predicted octanol–water partition coefficient (Wildman–Crippen LogP) is 12.5. The lowest BCUT2D eigenvalue weighted by Gasteiger charge is -2.18. The molecular formula is C41H22Br4N2O3S11. The van der Waals surface area contributed by atoms with E-state index in [9.17, 15) is 14.7 Å². The van der Waals surface area contributed by atoms with Gasteiger partial charge in [0.2, 0.25) is 11.6 Å². The third kappa shape index (κ3) is 11.5. The second-order valence-corrected chi connectivity index (χ2v) is 28.3. The van der Waals surface area contributed by atoms with Gasteiger partial charge >= 0.3 is 0 Å². The fourth-order valence-electron chi connectivity index (χ4n) is 6.58. The average Bonchev–Trinajstić information content (AvgIpc) is 3.67. The summed E-state index contributed by atoms with van der Waals surface area (Å²) in [6, 6.07) is 41.1. The molecule has 0 spiro atoms. The summed E-state index contributed by atoms with van der Waals surface area (Å²) in [5, 5.41) is 15.2. The minimum absolute atomic E-state index is 0.205. The van der Waals surface area contributed by atoms with Crippen LogP contribution >= 0.6 is 63.7 Å². The number of para-hydroxylation sites is 2. The number of Topliss-reactive ketones (excluding diaryl/α,β-unsaturated/α-hetero) is 2. The zero-order valence-electron chi connectivity index (χ0n) is 30.3. The van der Waals surface area contributed by atoms with Crippen molar-refractivity contribution in [3.8, 4) is 34.0 Å². The quantitative estimate of drug-likeness (QED) is 0.136. The Kier molecular flexibility index (Phi) is 18.5. The topological polar surface area (TPSA) is 72.2 Å². The van der Waals surface area contributed by atoms with Crippen LogP contribution in [0.1, 0.15) is 20.7 Å². The number of rotatable bonds is 2. The average molecular weight is 1260 g/mol. The zero-order chi connectivity index (χ0) is 43.6. The van der Waals surface area contributed by atoms with Gasteiger partial charge in [-0.05, 0) is 94.7 Å². The molecule has 0 unspecified atom stereocenters. The van der Waals surface area contributed by atoms with Crippen LogP contribution in [0.4, 0.5) is 0 Å². The Hall–Kier alpha value is -1.99. The van der Waals surface area contributed by atoms with Crippen LogP contribution in [-0.4, -0.2) is 26.2 Å². The van der Waals surface area contributed by atoms with Crippen molar-refractivity contribution in [3.63, 3.8) is 0 Å². The maximum atomic E-state index is 12.1. The maximum Gasteiger partial charge on any atom is 0.234 e. The summed E-state index contributed by atoms with van der Waals surface area (Å²) < 4.78 is 5.75. The number of carbonyl (C=O) groups excluding carboxylic acids is 2. The summed E-state index contributed by atoms with van der Waals surface area (Å²) in [7, 11) is 9.58. The number of imidazole rings is 1. The number of halogens is 4. The molecule has 9 rings (SSSR count). The van der Waals surface area contributed by atoms with Crippen LogP contribution in [0, 0.1) is 0 Å². The number of aromatic hydroxyl groups is 1. The van der Waals surface area contributed by atoms with Crippen LogP contribution in [0.5, 0.6) is 5.75 Å². The first-order valence-electron chi connectivity index (χ1n) is 16.9. The number of nitrogens with zero attached hydrogens (tertiary/aromatic N) is 2. The lowest BCUT2D eigenvalue weighted by molar-refractivity contribution is 0.0815. The zero-order valence-corrected chi connectivity index (χ0v) is 45.6. The summed E-state index contributed by atoms with van der Waals surface area (Å²) in [6.07, 6.45) is 0. The molecule has 1 N–H and O–H groups in total. The highest BCUT2D eigenvalue weighted by atomic mass is 79.9. The number of carbonyl (C=O) groups is 2. The van der Waals surface area contributed by atoms with Crippen LogP contribution in [0.3, 0.4) is 0 Å². The van der Waals surface area contributed by atoms with Gasteiger partial charge in [-0.25, -0.2) is 4.98 Å². The SMILES string of the molecule is O=C1C(=O)c2cc(Br)ccc2-c2ccc(Br)cc21.Oc1ccccc1-c1nc2c3cc(Br)ccc3c3ccc(Br)cc3c2n1-c1ccccc1.S=S=S=S=S.S=S=S=S=S=S. The molecule has 1 heterocycles. The molecule has 1 aromatic heterocycles. The second-order valence-electron chi connectivity index (χ2n) is 12.2. The van der Waals surface area contributed by atoms with E-state index in [-0.39, 0.29) is 5.75 Å². The first kappa shape index (κ1) is 48.5. The van der Waals surface area contributed by atoms with Crippen molar-refractivity contribution in [2.24, 2.45) is 0 Å². The Morgan fingerprint density at radius 2 is 0.934 bits per heavy atom. The minimum atomic E-state index is -0.447. The molecule has 61 heavy (non-hydrogen) atoms. The second kappa shape index (κ2) is 23.3. The molecule has 0 atom stereocenters. The van der Waals surface area contributed by atoms with Gasteiger partial charge in [0, 0.05) is 152 Å². The highest BCUT2D eigenvalue weighted by Gasteiger charge is 2.30. The molecule has 0 fully saturated rings. The molecule has 308 valence electrons. The molecule has 5 nitrogen and oxygen atoms in total. The Morgan fingerprint density at radius 1 is 0.475 bits per heavy atom. The smallest absolute Gasteiger partial charge is 0.234 e. The maximum absolute atomic E-state index is 12.1. The van der Waals surface area contributed by atoms with Gasteiger partial charge < -0.3 is 5.11 Å². The summed E-state index contributed by atoms with van der Waals surface area (Å²) >= 11 is 31.9. The Balaban J connectivity index is 0.000000179. The minimum Gasteiger partial charge on any atom is -0.507 e. The molecule has 8 aromatic rings. The van der Waals surface area contributed by atoms with Gasteiger partial charge in [-0.15, -0.1) is 0 Å². The standard InChI is InChI=1S/C27H16Br2N2O.C14H6Br2O2.S6.S5/c28-16-10-12-19-20-13-11-17(29)15-23(20)26-25(22(19)14-16)30-27(21-8-4-5-9-24(21)32)31(26)18-6-2-1-3-7-18;15-7-1-3-9-10-4-2-8(16)6-12(10)14(18)13(17)11(9)5-7;1-3-5-6-4-2;1-3-5-4-2/h1-15,32H;1-6H;;. The first-order chi connectivity index (χ1) is 29.5. The van der Waals surface area contributed by atoms with E-state index in [0.717, 1.165) is 67.3 Å². The van der Waals surface area contributed by atoms with Crippen molar-refractivity contribution >= 4 is 215 Å². The lowest BCUT2D eigenvalue weighted by Crippen LogP contribution is -2.21. The van der Waals surface area contributed by atoms with Gasteiger partial charge in [-0.1, -0.05) is 118 Å². The van der Waals surface area contributed by atoms with Crippen molar-refractivity contribution < 1.29 is 14.7 Å². The summed E-state index contributed by atoms with van der Waals surface area (Å²) in [6.45, 7) is 0. The predicted molar refractivity (Wildman–Crippen MR) is 296 cm³/mol. The van der Waals surface area contributed by atoms with E-state index < -0.39 is 11.6 Å². The van der Waals surface area contributed by atoms with Crippen molar-refractivity contribution in [1.29, 1.82) is 0 Å². The van der Waals surface area contributed by atoms with E-state index >= 15 is 0 Å². The molecule has 0 radical (unpaired) electrons. The van der Waals surface area contributed by atoms with Gasteiger partial charge in [-0.2, -0.15) is 0 Å². The van der Waals surface area contributed by atoms with Gasteiger partial charge in [0.15, 0.2) is 0 Å². The van der Waals surface area contributed by atoms with E-state index in [1.165, 1.54) is 62.2 Å². The molecule has 0 bridgehead atoms.